The maximum absolute atomic E-state index is 12.6. The second-order valence-electron chi connectivity index (χ2n) is 6.03. The number of nitrogens with zero attached hydrogens (tertiary/aromatic N) is 1. The lowest BCUT2D eigenvalue weighted by molar-refractivity contribution is -0.136. The van der Waals surface area contributed by atoms with E-state index in [1.54, 1.807) is 0 Å². The van der Waals surface area contributed by atoms with Crippen LogP contribution in [0.15, 0.2) is 18.2 Å². The van der Waals surface area contributed by atoms with Crippen LogP contribution in [0.4, 0.5) is 0 Å². The lowest BCUT2D eigenvalue weighted by Crippen LogP contribution is -2.42. The summed E-state index contributed by atoms with van der Waals surface area (Å²) in [6.45, 7) is 8.20. The summed E-state index contributed by atoms with van der Waals surface area (Å²) in [6.07, 6.45) is 2.11. The van der Waals surface area contributed by atoms with E-state index in [2.05, 4.69) is 44.3 Å². The second kappa shape index (κ2) is 6.40. The van der Waals surface area contributed by atoms with Crippen molar-refractivity contribution >= 4 is 5.91 Å². The molecule has 20 heavy (non-hydrogen) atoms. The van der Waals surface area contributed by atoms with Gasteiger partial charge in [-0.05, 0) is 51.3 Å². The second-order valence-corrected chi connectivity index (χ2v) is 6.03. The maximum atomic E-state index is 12.6. The molecule has 0 saturated carbocycles. The monoisotopic (exact) mass is 274 g/mol. The molecule has 0 unspecified atom stereocenters. The summed E-state index contributed by atoms with van der Waals surface area (Å²) >= 11 is 0. The van der Waals surface area contributed by atoms with Crippen LogP contribution in [0.5, 0.6) is 0 Å². The largest absolute Gasteiger partial charge is 0.339 e. The number of aryl methyl sites for hydroxylation is 2. The Morgan fingerprint density at radius 2 is 2.15 bits per heavy atom. The quantitative estimate of drug-likeness (QED) is 0.919. The number of carbonyl (C=O) groups is 1. The molecule has 110 valence electrons. The zero-order valence-corrected chi connectivity index (χ0v) is 13.1. The first-order valence-corrected chi connectivity index (χ1v) is 7.55. The van der Waals surface area contributed by atoms with Crippen molar-refractivity contribution in [1.29, 1.82) is 0 Å². The number of hydrogen-bond donors (Lipinski definition) is 1. The van der Waals surface area contributed by atoms with E-state index in [0.717, 1.165) is 25.9 Å². The summed E-state index contributed by atoms with van der Waals surface area (Å²) in [6, 6.07) is 6.59. The van der Waals surface area contributed by atoms with Gasteiger partial charge >= 0.3 is 0 Å². The Morgan fingerprint density at radius 1 is 1.40 bits per heavy atom. The summed E-state index contributed by atoms with van der Waals surface area (Å²) in [5, 5.41) is 3.32. The molecule has 2 atom stereocenters. The van der Waals surface area contributed by atoms with Gasteiger partial charge in [-0.2, -0.15) is 0 Å². The highest BCUT2D eigenvalue weighted by molar-refractivity contribution is 5.79. The molecule has 1 aliphatic rings. The van der Waals surface area contributed by atoms with E-state index in [9.17, 15) is 4.79 Å². The maximum Gasteiger partial charge on any atom is 0.227 e. The van der Waals surface area contributed by atoms with E-state index >= 15 is 0 Å². The molecule has 1 aliphatic heterocycles. The molecular formula is C17H26N2O. The SMILES string of the molecule is Cc1ccc(C)c([C@H](C)N(C)C(=O)[C@@H]2CCCNC2)c1. The Bertz CT molecular complexity index is 478. The van der Waals surface area contributed by atoms with E-state index in [-0.39, 0.29) is 17.9 Å². The predicted molar refractivity (Wildman–Crippen MR) is 82.7 cm³/mol. The molecule has 1 saturated heterocycles. The molecule has 2 rings (SSSR count). The minimum atomic E-state index is 0.129. The van der Waals surface area contributed by atoms with Gasteiger partial charge in [0.2, 0.25) is 5.91 Å². The smallest absolute Gasteiger partial charge is 0.227 e. The fourth-order valence-electron chi connectivity index (χ4n) is 2.96. The highest BCUT2D eigenvalue weighted by Gasteiger charge is 2.27. The number of benzene rings is 1. The molecule has 0 aliphatic carbocycles. The Hall–Kier alpha value is -1.35. The molecule has 1 aromatic carbocycles. The third-order valence-corrected chi connectivity index (χ3v) is 4.46. The number of nitrogens with one attached hydrogen (secondary N) is 1. The minimum absolute atomic E-state index is 0.129. The fourth-order valence-corrected chi connectivity index (χ4v) is 2.96. The van der Waals surface area contributed by atoms with E-state index in [0.29, 0.717) is 0 Å². The van der Waals surface area contributed by atoms with Gasteiger partial charge in [0.25, 0.3) is 0 Å². The molecule has 0 bridgehead atoms. The van der Waals surface area contributed by atoms with Crippen LogP contribution in [-0.4, -0.2) is 30.9 Å². The van der Waals surface area contributed by atoms with Gasteiger partial charge in [-0.3, -0.25) is 4.79 Å². The lowest BCUT2D eigenvalue weighted by Gasteiger charge is -2.32. The van der Waals surface area contributed by atoms with Gasteiger partial charge in [-0.15, -0.1) is 0 Å². The Morgan fingerprint density at radius 3 is 2.80 bits per heavy atom. The summed E-state index contributed by atoms with van der Waals surface area (Å²) in [4.78, 5) is 14.5. The van der Waals surface area contributed by atoms with Crippen molar-refractivity contribution in [2.24, 2.45) is 5.92 Å². The molecule has 1 amide bonds. The third-order valence-electron chi connectivity index (χ3n) is 4.46. The molecule has 0 radical (unpaired) electrons. The lowest BCUT2D eigenvalue weighted by atomic mass is 9.95. The predicted octanol–water partition coefficient (Wildman–Crippen LogP) is 2.82. The number of piperidine rings is 1. The van der Waals surface area contributed by atoms with Crippen molar-refractivity contribution in [3.63, 3.8) is 0 Å². The zero-order valence-electron chi connectivity index (χ0n) is 13.1. The molecule has 0 aromatic heterocycles. The van der Waals surface area contributed by atoms with Crippen molar-refractivity contribution in [2.75, 3.05) is 20.1 Å². The van der Waals surface area contributed by atoms with Crippen LogP contribution < -0.4 is 5.32 Å². The summed E-state index contributed by atoms with van der Waals surface area (Å²) < 4.78 is 0. The van der Waals surface area contributed by atoms with Gasteiger partial charge in [0, 0.05) is 13.6 Å². The van der Waals surface area contributed by atoms with Crippen LogP contribution in [-0.2, 0) is 4.79 Å². The first-order chi connectivity index (χ1) is 9.50. The van der Waals surface area contributed by atoms with Crippen molar-refractivity contribution in [3.8, 4) is 0 Å². The summed E-state index contributed by atoms with van der Waals surface area (Å²) in [7, 11) is 1.93. The normalized spacial score (nSPS) is 20.5. The van der Waals surface area contributed by atoms with Gasteiger partial charge < -0.3 is 10.2 Å². The number of rotatable bonds is 3. The minimum Gasteiger partial charge on any atom is -0.339 e. The van der Waals surface area contributed by atoms with Crippen LogP contribution in [0.1, 0.15) is 42.5 Å². The highest BCUT2D eigenvalue weighted by Crippen LogP contribution is 2.26. The zero-order chi connectivity index (χ0) is 14.7. The van der Waals surface area contributed by atoms with Crippen molar-refractivity contribution < 1.29 is 4.79 Å². The number of hydrogen-bond acceptors (Lipinski definition) is 2. The summed E-state index contributed by atoms with van der Waals surface area (Å²) in [5.74, 6) is 0.409. The topological polar surface area (TPSA) is 32.3 Å². The standard InChI is InChI=1S/C17H26N2O/c1-12-7-8-13(2)16(10-12)14(3)19(4)17(20)15-6-5-9-18-11-15/h7-8,10,14-15,18H,5-6,9,11H2,1-4H3/t14-,15+/m0/s1. The van der Waals surface area contributed by atoms with Gasteiger partial charge in [-0.1, -0.05) is 23.8 Å². The molecule has 1 aromatic rings. The van der Waals surface area contributed by atoms with Crippen molar-refractivity contribution in [2.45, 2.75) is 39.7 Å². The molecular weight excluding hydrogens is 248 g/mol. The van der Waals surface area contributed by atoms with Crippen molar-refractivity contribution in [3.05, 3.63) is 34.9 Å². The fraction of sp³-hybridized carbons (Fsp3) is 0.588. The average Bonchev–Trinajstić information content (AvgIpc) is 2.48. The molecule has 1 heterocycles. The number of carbonyl (C=O) groups excluding carboxylic acids is 1. The highest BCUT2D eigenvalue weighted by atomic mass is 16.2. The Kier molecular flexibility index (Phi) is 4.81. The molecule has 3 nitrogen and oxygen atoms in total. The van der Waals surface area contributed by atoms with E-state index in [1.807, 2.05) is 11.9 Å². The third kappa shape index (κ3) is 3.21. The number of amides is 1. The van der Waals surface area contributed by atoms with Crippen molar-refractivity contribution in [1.82, 2.24) is 10.2 Å². The first kappa shape index (κ1) is 15.0. The van der Waals surface area contributed by atoms with Gasteiger partial charge in [0.15, 0.2) is 0 Å². The van der Waals surface area contributed by atoms with Crippen LogP contribution >= 0.6 is 0 Å². The van der Waals surface area contributed by atoms with Crippen LogP contribution in [0, 0.1) is 19.8 Å². The Labute approximate surface area is 122 Å². The van der Waals surface area contributed by atoms with E-state index in [4.69, 9.17) is 0 Å². The molecule has 1 N–H and O–H groups in total. The van der Waals surface area contributed by atoms with Gasteiger partial charge in [-0.25, -0.2) is 0 Å². The van der Waals surface area contributed by atoms with E-state index < -0.39 is 0 Å². The summed E-state index contributed by atoms with van der Waals surface area (Å²) in [5.41, 5.74) is 3.76. The molecule has 1 fully saturated rings. The van der Waals surface area contributed by atoms with Crippen LogP contribution in [0.3, 0.4) is 0 Å². The van der Waals surface area contributed by atoms with Crippen LogP contribution in [0.2, 0.25) is 0 Å². The Balaban J connectivity index is 2.12. The average molecular weight is 274 g/mol. The molecule has 3 heteroatoms. The first-order valence-electron chi connectivity index (χ1n) is 7.55. The van der Waals surface area contributed by atoms with E-state index in [1.165, 1.54) is 16.7 Å². The molecule has 0 spiro atoms. The van der Waals surface area contributed by atoms with Crippen LogP contribution in [0.25, 0.3) is 0 Å². The van der Waals surface area contributed by atoms with Gasteiger partial charge in [0.1, 0.15) is 0 Å². The van der Waals surface area contributed by atoms with Gasteiger partial charge in [0.05, 0.1) is 12.0 Å².